The molecule has 0 aliphatic rings. The van der Waals surface area contributed by atoms with Gasteiger partial charge in [-0.3, -0.25) is 9.52 Å². The molecule has 3 aromatic rings. The third-order valence-electron chi connectivity index (χ3n) is 3.89. The first-order valence-electron chi connectivity index (χ1n) is 8.29. The fourth-order valence-corrected chi connectivity index (χ4v) is 3.51. The molecule has 0 aliphatic carbocycles. The smallest absolute Gasteiger partial charge is 0.335 e. The Bertz CT molecular complexity index is 1160. The van der Waals surface area contributed by atoms with Crippen molar-refractivity contribution in [2.24, 2.45) is 5.73 Å². The number of rotatable bonds is 7. The molecule has 148 valence electrons. The number of nitrogens with one attached hydrogen (secondary N) is 1. The third kappa shape index (κ3) is 4.71. The molecule has 0 atom stereocenters. The van der Waals surface area contributed by atoms with Gasteiger partial charge >= 0.3 is 5.97 Å². The summed E-state index contributed by atoms with van der Waals surface area (Å²) in [5.74, 6) is -1.34. The molecule has 0 saturated heterocycles. The largest absolute Gasteiger partial charge is 0.478 e. The summed E-state index contributed by atoms with van der Waals surface area (Å²) in [5, 5.41) is 9.23. The SMILES string of the molecule is NC(=O)c1ccc(S(=O)(=O)Nc2cc(C(=O)O)ccc2Oc2ccccc2)cc1. The van der Waals surface area contributed by atoms with Crippen LogP contribution in [0.2, 0.25) is 0 Å². The lowest BCUT2D eigenvalue weighted by molar-refractivity contribution is 0.0696. The van der Waals surface area contributed by atoms with Crippen molar-refractivity contribution < 1.29 is 27.9 Å². The summed E-state index contributed by atoms with van der Waals surface area (Å²) in [6.07, 6.45) is 0. The highest BCUT2D eigenvalue weighted by molar-refractivity contribution is 7.92. The van der Waals surface area contributed by atoms with Crippen LogP contribution < -0.4 is 15.2 Å². The van der Waals surface area contributed by atoms with E-state index in [2.05, 4.69) is 4.72 Å². The van der Waals surface area contributed by atoms with Crippen LogP contribution in [0.1, 0.15) is 20.7 Å². The number of anilines is 1. The van der Waals surface area contributed by atoms with Crippen LogP contribution >= 0.6 is 0 Å². The molecule has 4 N–H and O–H groups in total. The highest BCUT2D eigenvalue weighted by Gasteiger charge is 2.19. The molecule has 8 nitrogen and oxygen atoms in total. The highest BCUT2D eigenvalue weighted by Crippen LogP contribution is 2.32. The number of primary amides is 1. The standard InChI is InChI=1S/C20H16N2O6S/c21-19(23)13-6-9-16(10-7-13)29(26,27)22-17-12-14(20(24)25)8-11-18(17)28-15-4-2-1-3-5-15/h1-12,22H,(H2,21,23)(H,24,25). The van der Waals surface area contributed by atoms with Gasteiger partial charge in [0.2, 0.25) is 5.91 Å². The van der Waals surface area contributed by atoms with E-state index in [0.717, 1.165) is 6.07 Å². The Balaban J connectivity index is 1.97. The second-order valence-corrected chi connectivity index (χ2v) is 7.61. The van der Waals surface area contributed by atoms with Crippen molar-refractivity contribution in [1.29, 1.82) is 0 Å². The van der Waals surface area contributed by atoms with E-state index in [1.807, 2.05) is 0 Å². The molecule has 0 radical (unpaired) electrons. The topological polar surface area (TPSA) is 136 Å². The fourth-order valence-electron chi connectivity index (χ4n) is 2.45. The minimum absolute atomic E-state index is 0.0484. The number of sulfonamides is 1. The van der Waals surface area contributed by atoms with Crippen LogP contribution in [0.4, 0.5) is 5.69 Å². The molecule has 0 spiro atoms. The number of ether oxygens (including phenoxy) is 1. The van der Waals surface area contributed by atoms with Crippen LogP contribution in [0.3, 0.4) is 0 Å². The van der Waals surface area contributed by atoms with Crippen LogP contribution in [-0.2, 0) is 10.0 Å². The predicted octanol–water partition coefficient (Wildman–Crippen LogP) is 3.08. The van der Waals surface area contributed by atoms with Gasteiger partial charge in [-0.1, -0.05) is 18.2 Å². The lowest BCUT2D eigenvalue weighted by Crippen LogP contribution is -2.15. The molecule has 0 fully saturated rings. The van der Waals surface area contributed by atoms with E-state index in [0.29, 0.717) is 5.75 Å². The van der Waals surface area contributed by atoms with Gasteiger partial charge in [-0.2, -0.15) is 0 Å². The summed E-state index contributed by atoms with van der Waals surface area (Å²) in [6, 6.07) is 17.5. The summed E-state index contributed by atoms with van der Waals surface area (Å²) in [7, 11) is -4.09. The van der Waals surface area contributed by atoms with Crippen molar-refractivity contribution in [3.8, 4) is 11.5 Å². The monoisotopic (exact) mass is 412 g/mol. The molecule has 9 heteroatoms. The van der Waals surface area contributed by atoms with E-state index < -0.39 is 21.9 Å². The van der Waals surface area contributed by atoms with Gasteiger partial charge in [0.25, 0.3) is 10.0 Å². The zero-order chi connectivity index (χ0) is 21.0. The van der Waals surface area contributed by atoms with Crippen molar-refractivity contribution in [1.82, 2.24) is 0 Å². The number of benzene rings is 3. The Labute approximate surface area is 166 Å². The molecule has 3 rings (SSSR count). The lowest BCUT2D eigenvalue weighted by Gasteiger charge is -2.14. The van der Waals surface area contributed by atoms with Gasteiger partial charge in [-0.25, -0.2) is 13.2 Å². The molecule has 0 unspecified atom stereocenters. The van der Waals surface area contributed by atoms with Gasteiger partial charge < -0.3 is 15.6 Å². The zero-order valence-electron chi connectivity index (χ0n) is 14.9. The number of amides is 1. The van der Waals surface area contributed by atoms with Crippen LogP contribution in [-0.4, -0.2) is 25.4 Å². The molecular weight excluding hydrogens is 396 g/mol. The van der Waals surface area contributed by atoms with Gasteiger partial charge in [0.05, 0.1) is 16.1 Å². The Morgan fingerprint density at radius 1 is 0.897 bits per heavy atom. The van der Waals surface area contributed by atoms with E-state index in [1.165, 1.54) is 36.4 Å². The molecule has 1 amide bonds. The second kappa shape index (κ2) is 8.03. The quantitative estimate of drug-likeness (QED) is 0.546. The molecule has 0 bridgehead atoms. The fraction of sp³-hybridized carbons (Fsp3) is 0. The molecule has 3 aromatic carbocycles. The molecule has 0 heterocycles. The summed E-state index contributed by atoms with van der Waals surface area (Å²) < 4.78 is 33.5. The van der Waals surface area contributed by atoms with E-state index in [4.69, 9.17) is 10.5 Å². The Morgan fingerprint density at radius 2 is 1.52 bits per heavy atom. The minimum Gasteiger partial charge on any atom is -0.478 e. The highest BCUT2D eigenvalue weighted by atomic mass is 32.2. The average Bonchev–Trinajstić information content (AvgIpc) is 2.70. The summed E-state index contributed by atoms with van der Waals surface area (Å²) in [4.78, 5) is 22.3. The summed E-state index contributed by atoms with van der Waals surface area (Å²) >= 11 is 0. The maximum absolute atomic E-state index is 12.7. The Morgan fingerprint density at radius 3 is 2.10 bits per heavy atom. The van der Waals surface area contributed by atoms with Crippen LogP contribution in [0, 0.1) is 0 Å². The van der Waals surface area contributed by atoms with Gasteiger partial charge in [-0.15, -0.1) is 0 Å². The van der Waals surface area contributed by atoms with Gasteiger partial charge in [0, 0.05) is 5.56 Å². The maximum Gasteiger partial charge on any atom is 0.335 e. The summed E-state index contributed by atoms with van der Waals surface area (Å²) in [5.41, 5.74) is 5.15. The van der Waals surface area contributed by atoms with Crippen molar-refractivity contribution in [3.05, 3.63) is 83.9 Å². The zero-order valence-corrected chi connectivity index (χ0v) is 15.7. The molecule has 29 heavy (non-hydrogen) atoms. The van der Waals surface area contributed by atoms with E-state index in [9.17, 15) is 23.1 Å². The number of carboxylic acid groups (broad SMARTS) is 1. The van der Waals surface area contributed by atoms with Crippen molar-refractivity contribution in [2.45, 2.75) is 4.90 Å². The molecule has 0 aliphatic heterocycles. The Kier molecular flexibility index (Phi) is 5.51. The number of aromatic carboxylic acids is 1. The minimum atomic E-state index is -4.09. The van der Waals surface area contributed by atoms with Gasteiger partial charge in [-0.05, 0) is 54.6 Å². The van der Waals surface area contributed by atoms with Crippen LogP contribution in [0.5, 0.6) is 11.5 Å². The number of carboxylic acids is 1. The predicted molar refractivity (Wildman–Crippen MR) is 106 cm³/mol. The van der Waals surface area contributed by atoms with E-state index in [-0.39, 0.29) is 27.5 Å². The first-order valence-corrected chi connectivity index (χ1v) is 9.77. The van der Waals surface area contributed by atoms with Crippen molar-refractivity contribution in [2.75, 3.05) is 4.72 Å². The average molecular weight is 412 g/mol. The number of hydrogen-bond acceptors (Lipinski definition) is 5. The van der Waals surface area contributed by atoms with Crippen molar-refractivity contribution >= 4 is 27.6 Å². The van der Waals surface area contributed by atoms with Crippen molar-refractivity contribution in [3.63, 3.8) is 0 Å². The lowest BCUT2D eigenvalue weighted by atomic mass is 10.2. The number of hydrogen-bond donors (Lipinski definition) is 3. The molecule has 0 aromatic heterocycles. The second-order valence-electron chi connectivity index (χ2n) is 5.93. The maximum atomic E-state index is 12.7. The van der Waals surface area contributed by atoms with Gasteiger partial charge in [0.1, 0.15) is 5.75 Å². The first kappa shape index (κ1) is 19.9. The number of carbonyl (C=O) groups is 2. The Hall–Kier alpha value is -3.85. The third-order valence-corrected chi connectivity index (χ3v) is 5.27. The van der Waals surface area contributed by atoms with E-state index in [1.54, 1.807) is 30.3 Å². The molecule has 0 saturated carbocycles. The van der Waals surface area contributed by atoms with Crippen LogP contribution in [0.15, 0.2) is 77.7 Å². The van der Waals surface area contributed by atoms with Gasteiger partial charge in [0.15, 0.2) is 5.75 Å². The number of para-hydroxylation sites is 1. The van der Waals surface area contributed by atoms with Crippen LogP contribution in [0.25, 0.3) is 0 Å². The normalized spacial score (nSPS) is 10.9. The molecular formula is C20H16N2O6S. The van der Waals surface area contributed by atoms with E-state index >= 15 is 0 Å². The number of nitrogens with two attached hydrogens (primary N) is 1. The number of carbonyl (C=O) groups excluding carboxylic acids is 1. The summed E-state index contributed by atoms with van der Waals surface area (Å²) in [6.45, 7) is 0. The first-order chi connectivity index (χ1) is 13.8.